The molecule has 3 aromatic rings. The summed E-state index contributed by atoms with van der Waals surface area (Å²) >= 11 is 0. The second-order valence-electron chi connectivity index (χ2n) is 8.09. The van der Waals surface area contributed by atoms with E-state index in [1.54, 1.807) is 37.3 Å². The number of nitrogens with one attached hydrogen (secondary N) is 1. The van der Waals surface area contributed by atoms with E-state index >= 15 is 0 Å². The number of amides is 1. The molecule has 3 rings (SSSR count). The largest absolute Gasteiger partial charge is 0.548 e. The van der Waals surface area contributed by atoms with E-state index in [9.17, 15) is 19.5 Å². The first kappa shape index (κ1) is 24.0. The maximum absolute atomic E-state index is 12.7. The lowest BCUT2D eigenvalue weighted by molar-refractivity contribution is -0.308. The zero-order valence-electron chi connectivity index (χ0n) is 19.1. The van der Waals surface area contributed by atoms with Crippen LogP contribution in [0.3, 0.4) is 0 Å². The van der Waals surface area contributed by atoms with Crippen molar-refractivity contribution >= 4 is 22.8 Å². The van der Waals surface area contributed by atoms with Crippen molar-refractivity contribution < 1.29 is 23.8 Å². The molecule has 1 aromatic heterocycles. The second kappa shape index (κ2) is 10.8. The second-order valence-corrected chi connectivity index (χ2v) is 8.09. The van der Waals surface area contributed by atoms with Crippen LogP contribution in [0.4, 0.5) is 0 Å². The highest BCUT2D eigenvalue weighted by atomic mass is 16.5. The van der Waals surface area contributed by atoms with E-state index in [0.29, 0.717) is 16.9 Å². The zero-order valence-corrected chi connectivity index (χ0v) is 19.1. The van der Waals surface area contributed by atoms with Gasteiger partial charge in [0.25, 0.3) is 5.91 Å². The molecule has 1 heterocycles. The van der Waals surface area contributed by atoms with Crippen molar-refractivity contribution in [2.24, 2.45) is 0 Å². The van der Waals surface area contributed by atoms with Gasteiger partial charge >= 0.3 is 5.63 Å². The van der Waals surface area contributed by atoms with Crippen molar-refractivity contribution in [1.82, 2.24) is 5.32 Å². The van der Waals surface area contributed by atoms with Gasteiger partial charge in [-0.05, 0) is 56.4 Å². The fourth-order valence-corrected chi connectivity index (χ4v) is 3.69. The van der Waals surface area contributed by atoms with Crippen molar-refractivity contribution in [3.8, 4) is 5.75 Å². The average molecular weight is 451 g/mol. The molecule has 0 aliphatic heterocycles. The van der Waals surface area contributed by atoms with Gasteiger partial charge in [0, 0.05) is 17.0 Å². The Kier molecular flexibility index (Phi) is 7.87. The van der Waals surface area contributed by atoms with Crippen LogP contribution in [0.15, 0.2) is 57.7 Å². The minimum atomic E-state index is -1.37. The Morgan fingerprint density at radius 3 is 2.55 bits per heavy atom. The lowest BCUT2D eigenvalue weighted by atomic mass is 10.0. The van der Waals surface area contributed by atoms with E-state index in [1.165, 1.54) is 13.0 Å². The van der Waals surface area contributed by atoms with E-state index in [0.717, 1.165) is 35.8 Å². The van der Waals surface area contributed by atoms with Crippen LogP contribution in [0.2, 0.25) is 0 Å². The Morgan fingerprint density at radius 2 is 1.88 bits per heavy atom. The van der Waals surface area contributed by atoms with Crippen LogP contribution < -0.4 is 20.8 Å². The van der Waals surface area contributed by atoms with Crippen LogP contribution >= 0.6 is 0 Å². The number of hydrogen-bond donors (Lipinski definition) is 1. The van der Waals surface area contributed by atoms with Crippen molar-refractivity contribution in [2.75, 3.05) is 0 Å². The number of carbonyl (C=O) groups excluding carboxylic acids is 2. The predicted molar refractivity (Wildman–Crippen MR) is 123 cm³/mol. The maximum atomic E-state index is 12.7. The zero-order chi connectivity index (χ0) is 24.0. The minimum absolute atomic E-state index is 0.0995. The molecule has 1 N–H and O–H groups in total. The molecule has 0 spiro atoms. The van der Waals surface area contributed by atoms with Crippen molar-refractivity contribution in [1.29, 1.82) is 0 Å². The van der Waals surface area contributed by atoms with Crippen LogP contribution in [0.1, 0.15) is 43.4 Å². The molecule has 7 heteroatoms. The van der Waals surface area contributed by atoms with Gasteiger partial charge in [-0.1, -0.05) is 43.7 Å². The van der Waals surface area contributed by atoms with Crippen LogP contribution in [0.25, 0.3) is 11.0 Å². The molecule has 0 bridgehead atoms. The fourth-order valence-electron chi connectivity index (χ4n) is 3.69. The number of ether oxygens (including phenoxy) is 1. The van der Waals surface area contributed by atoms with Gasteiger partial charge in [0.05, 0.1) is 12.0 Å². The Labute approximate surface area is 192 Å². The van der Waals surface area contributed by atoms with E-state index < -0.39 is 29.6 Å². The van der Waals surface area contributed by atoms with Crippen LogP contribution in [0, 0.1) is 6.92 Å². The third kappa shape index (κ3) is 6.00. The van der Waals surface area contributed by atoms with Crippen LogP contribution in [-0.4, -0.2) is 24.0 Å². The van der Waals surface area contributed by atoms with Gasteiger partial charge < -0.3 is 24.4 Å². The van der Waals surface area contributed by atoms with Crippen LogP contribution in [0.5, 0.6) is 5.75 Å². The Morgan fingerprint density at radius 1 is 1.15 bits per heavy atom. The number of rotatable bonds is 10. The van der Waals surface area contributed by atoms with Gasteiger partial charge in [-0.3, -0.25) is 4.79 Å². The molecule has 0 radical (unpaired) electrons. The summed E-state index contributed by atoms with van der Waals surface area (Å²) < 4.78 is 11.3. The number of carboxylic acids is 1. The molecule has 0 unspecified atom stereocenters. The summed E-state index contributed by atoms with van der Waals surface area (Å²) in [7, 11) is 0. The Bertz CT molecular complexity index is 1180. The number of hydrogen-bond acceptors (Lipinski definition) is 6. The maximum Gasteiger partial charge on any atom is 0.336 e. The van der Waals surface area contributed by atoms with E-state index in [1.807, 2.05) is 12.1 Å². The lowest BCUT2D eigenvalue weighted by Gasteiger charge is -2.23. The molecule has 0 fully saturated rings. The van der Waals surface area contributed by atoms with E-state index in [2.05, 4.69) is 12.2 Å². The van der Waals surface area contributed by atoms with Gasteiger partial charge in [-0.25, -0.2) is 4.79 Å². The highest BCUT2D eigenvalue weighted by Crippen LogP contribution is 2.29. The summed E-state index contributed by atoms with van der Waals surface area (Å²) in [6, 6.07) is 12.8. The van der Waals surface area contributed by atoms with Gasteiger partial charge in [-0.15, -0.1) is 0 Å². The first-order valence-corrected chi connectivity index (χ1v) is 11.1. The van der Waals surface area contributed by atoms with Gasteiger partial charge in [0.15, 0.2) is 6.10 Å². The minimum Gasteiger partial charge on any atom is -0.548 e. The Hall–Kier alpha value is -3.61. The van der Waals surface area contributed by atoms with Crippen LogP contribution in [-0.2, 0) is 22.4 Å². The fraction of sp³-hybridized carbons (Fsp3) is 0.346. The predicted octanol–water partition coefficient (Wildman–Crippen LogP) is 2.69. The normalized spacial score (nSPS) is 12.8. The van der Waals surface area contributed by atoms with Gasteiger partial charge in [0.2, 0.25) is 0 Å². The van der Waals surface area contributed by atoms with E-state index in [-0.39, 0.29) is 6.42 Å². The average Bonchev–Trinajstić information content (AvgIpc) is 2.79. The van der Waals surface area contributed by atoms with Gasteiger partial charge in [-0.2, -0.15) is 0 Å². The summed E-state index contributed by atoms with van der Waals surface area (Å²) in [5, 5.41) is 14.9. The molecule has 174 valence electrons. The van der Waals surface area contributed by atoms with Crippen molar-refractivity contribution in [2.45, 2.75) is 58.6 Å². The first-order chi connectivity index (χ1) is 15.8. The number of benzene rings is 2. The third-order valence-corrected chi connectivity index (χ3v) is 5.55. The SMILES string of the molecule is CCCCc1cc(=O)oc2c(C)c(O[C@H](C)C(=O)N[C@@H](Cc3ccccc3)C(=O)[O-])ccc12. The summed E-state index contributed by atoms with van der Waals surface area (Å²) in [6.45, 7) is 5.37. The summed E-state index contributed by atoms with van der Waals surface area (Å²) in [5.74, 6) is -1.57. The summed E-state index contributed by atoms with van der Waals surface area (Å²) in [5.41, 5.74) is 2.28. The van der Waals surface area contributed by atoms with Crippen molar-refractivity contribution in [3.05, 3.63) is 75.6 Å². The number of fused-ring (bicyclic) bond motifs is 1. The van der Waals surface area contributed by atoms with E-state index in [4.69, 9.17) is 9.15 Å². The number of carbonyl (C=O) groups is 2. The molecule has 1 amide bonds. The number of carboxylic acid groups (broad SMARTS) is 1. The monoisotopic (exact) mass is 450 g/mol. The summed E-state index contributed by atoms with van der Waals surface area (Å²) in [6.07, 6.45) is 1.85. The third-order valence-electron chi connectivity index (χ3n) is 5.55. The molecule has 7 nitrogen and oxygen atoms in total. The number of unbranched alkanes of at least 4 members (excludes halogenated alkanes) is 1. The molecular formula is C26H28NO6-. The molecule has 0 aliphatic rings. The lowest BCUT2D eigenvalue weighted by Crippen LogP contribution is -2.52. The van der Waals surface area contributed by atoms with Gasteiger partial charge in [0.1, 0.15) is 11.3 Å². The molecule has 0 saturated carbocycles. The number of aliphatic carboxylic acids is 1. The highest BCUT2D eigenvalue weighted by molar-refractivity contribution is 5.87. The summed E-state index contributed by atoms with van der Waals surface area (Å²) in [4.78, 5) is 36.3. The highest BCUT2D eigenvalue weighted by Gasteiger charge is 2.22. The standard InChI is InChI=1S/C26H29NO6/c1-4-5-11-19-15-23(28)33-24-16(2)22(13-12-20(19)24)32-17(3)25(29)27-21(26(30)31)14-18-9-7-6-8-10-18/h6-10,12-13,15,17,21H,4-5,11,14H2,1-3H3,(H,27,29)(H,30,31)/p-1/t17-,21+/m1/s1. The van der Waals surface area contributed by atoms with Crippen molar-refractivity contribution in [3.63, 3.8) is 0 Å². The molecule has 2 aromatic carbocycles. The quantitative estimate of drug-likeness (QED) is 0.476. The topological polar surface area (TPSA) is 109 Å². The smallest absolute Gasteiger partial charge is 0.336 e. The molecule has 0 saturated heterocycles. The Balaban J connectivity index is 1.77. The molecular weight excluding hydrogens is 422 g/mol. The molecule has 2 atom stereocenters. The molecule has 33 heavy (non-hydrogen) atoms. The first-order valence-electron chi connectivity index (χ1n) is 11.1. The molecule has 0 aliphatic carbocycles. The number of aryl methyl sites for hydroxylation is 2.